The lowest BCUT2D eigenvalue weighted by Crippen LogP contribution is -2.16. The molecule has 0 aromatic heterocycles. The predicted octanol–water partition coefficient (Wildman–Crippen LogP) is 2.09. The standard InChI is InChI=1S/C13H15NO3/c1-10(15)17-9-12(14-2)8-11-4-6-13(16-3)7-5-11/h4-7,12H,8-9H2,1,3H3/t12-/m0/s1. The molecule has 0 aliphatic rings. The second-order valence-corrected chi connectivity index (χ2v) is 3.64. The van der Waals surface area contributed by atoms with Gasteiger partial charge in [-0.15, -0.1) is 0 Å². The molecule has 90 valence electrons. The second-order valence-electron chi connectivity index (χ2n) is 3.64. The smallest absolute Gasteiger partial charge is 0.302 e. The van der Waals surface area contributed by atoms with Crippen LogP contribution < -0.4 is 4.74 Å². The second kappa shape index (κ2) is 6.54. The maximum Gasteiger partial charge on any atom is 0.302 e. The minimum absolute atomic E-state index is 0.144. The molecule has 4 nitrogen and oxygen atoms in total. The first kappa shape index (κ1) is 13.0. The molecular weight excluding hydrogens is 218 g/mol. The zero-order valence-electron chi connectivity index (χ0n) is 9.97. The van der Waals surface area contributed by atoms with Crippen LogP contribution in [0.1, 0.15) is 12.5 Å². The van der Waals surface area contributed by atoms with Gasteiger partial charge in [-0.05, 0) is 17.7 Å². The predicted molar refractivity (Wildman–Crippen MR) is 63.7 cm³/mol. The number of ether oxygens (including phenoxy) is 2. The summed E-state index contributed by atoms with van der Waals surface area (Å²) < 4.78 is 9.88. The van der Waals surface area contributed by atoms with Crippen LogP contribution in [0.2, 0.25) is 0 Å². The van der Waals surface area contributed by atoms with Crippen molar-refractivity contribution in [3.05, 3.63) is 41.2 Å². The highest BCUT2D eigenvalue weighted by Crippen LogP contribution is 2.13. The Kier molecular flexibility index (Phi) is 5.02. The van der Waals surface area contributed by atoms with Gasteiger partial charge in [0.25, 0.3) is 6.04 Å². The lowest BCUT2D eigenvalue weighted by Gasteiger charge is -2.06. The van der Waals surface area contributed by atoms with Gasteiger partial charge in [0.1, 0.15) is 5.75 Å². The zero-order chi connectivity index (χ0) is 12.7. The Labute approximate surface area is 101 Å². The van der Waals surface area contributed by atoms with E-state index in [1.807, 2.05) is 24.3 Å². The summed E-state index contributed by atoms with van der Waals surface area (Å²) in [4.78, 5) is 14.1. The van der Waals surface area contributed by atoms with E-state index < -0.39 is 0 Å². The molecule has 0 saturated carbocycles. The molecule has 4 heteroatoms. The van der Waals surface area contributed by atoms with Crippen LogP contribution >= 0.6 is 0 Å². The molecule has 1 rings (SSSR count). The molecule has 1 aromatic rings. The number of methoxy groups -OCH3 is 1. The fraction of sp³-hybridized carbons (Fsp3) is 0.385. The van der Waals surface area contributed by atoms with E-state index in [1.165, 1.54) is 6.92 Å². The van der Waals surface area contributed by atoms with Crippen molar-refractivity contribution >= 4 is 5.97 Å². The van der Waals surface area contributed by atoms with Crippen molar-refractivity contribution in [2.24, 2.45) is 0 Å². The first-order valence-electron chi connectivity index (χ1n) is 5.28. The van der Waals surface area contributed by atoms with Crippen molar-refractivity contribution in [3.63, 3.8) is 0 Å². The first-order chi connectivity index (χ1) is 8.15. The summed E-state index contributed by atoms with van der Waals surface area (Å²) >= 11 is 0. The van der Waals surface area contributed by atoms with Gasteiger partial charge in [-0.2, -0.15) is 0 Å². The minimum Gasteiger partial charge on any atom is -0.497 e. The van der Waals surface area contributed by atoms with Crippen molar-refractivity contribution in [1.82, 2.24) is 0 Å². The van der Waals surface area contributed by atoms with Gasteiger partial charge < -0.3 is 14.3 Å². The molecule has 0 bridgehead atoms. The number of hydrogen-bond acceptors (Lipinski definition) is 3. The van der Waals surface area contributed by atoms with Gasteiger partial charge in [-0.25, -0.2) is 6.57 Å². The zero-order valence-corrected chi connectivity index (χ0v) is 9.97. The summed E-state index contributed by atoms with van der Waals surface area (Å²) in [5, 5.41) is 0. The van der Waals surface area contributed by atoms with Crippen molar-refractivity contribution in [3.8, 4) is 5.75 Å². The van der Waals surface area contributed by atoms with Gasteiger partial charge in [0.15, 0.2) is 6.61 Å². The summed E-state index contributed by atoms with van der Waals surface area (Å²) in [6.45, 7) is 8.53. The van der Waals surface area contributed by atoms with E-state index in [-0.39, 0.29) is 18.6 Å². The average molecular weight is 233 g/mol. The Morgan fingerprint density at radius 3 is 2.53 bits per heavy atom. The summed E-state index contributed by atoms with van der Waals surface area (Å²) in [5.74, 6) is 0.432. The summed E-state index contributed by atoms with van der Waals surface area (Å²) in [6.07, 6.45) is 0.570. The highest BCUT2D eigenvalue weighted by atomic mass is 16.5. The maximum atomic E-state index is 10.7. The van der Waals surface area contributed by atoms with E-state index in [0.717, 1.165) is 11.3 Å². The highest BCUT2D eigenvalue weighted by molar-refractivity contribution is 5.65. The largest absolute Gasteiger partial charge is 0.497 e. The lowest BCUT2D eigenvalue weighted by atomic mass is 10.1. The monoisotopic (exact) mass is 233 g/mol. The molecule has 17 heavy (non-hydrogen) atoms. The Morgan fingerprint density at radius 2 is 2.06 bits per heavy atom. The molecule has 0 aliphatic heterocycles. The SMILES string of the molecule is [C-]#[N+][C@H](COC(C)=O)Cc1ccc(OC)cc1. The molecule has 0 saturated heterocycles. The third-order valence-electron chi connectivity index (χ3n) is 2.29. The van der Waals surface area contributed by atoms with Gasteiger partial charge in [-0.1, -0.05) is 12.1 Å². The van der Waals surface area contributed by atoms with Crippen molar-refractivity contribution in [1.29, 1.82) is 0 Å². The fourth-order valence-electron chi connectivity index (χ4n) is 1.39. The quantitative estimate of drug-likeness (QED) is 0.577. The number of esters is 1. The summed E-state index contributed by atoms with van der Waals surface area (Å²) in [5.41, 5.74) is 1.03. The van der Waals surface area contributed by atoms with Crippen molar-refractivity contribution in [2.45, 2.75) is 19.4 Å². The van der Waals surface area contributed by atoms with Crippen LogP contribution in [0.5, 0.6) is 5.75 Å². The Hall–Kier alpha value is -2.02. The molecular formula is C13H15NO3. The molecule has 1 aromatic carbocycles. The number of carbonyl (C=O) groups is 1. The molecule has 0 heterocycles. The molecule has 1 atom stereocenters. The van der Waals surface area contributed by atoms with E-state index in [1.54, 1.807) is 7.11 Å². The number of benzene rings is 1. The van der Waals surface area contributed by atoms with E-state index in [4.69, 9.17) is 16.0 Å². The van der Waals surface area contributed by atoms with E-state index in [9.17, 15) is 4.79 Å². The van der Waals surface area contributed by atoms with Crippen molar-refractivity contribution in [2.75, 3.05) is 13.7 Å². The first-order valence-corrected chi connectivity index (χ1v) is 5.28. The number of nitrogens with zero attached hydrogens (tertiary/aromatic N) is 1. The normalized spacial score (nSPS) is 11.4. The van der Waals surface area contributed by atoms with E-state index in [0.29, 0.717) is 6.42 Å². The molecule has 0 fully saturated rings. The molecule has 0 unspecified atom stereocenters. The van der Waals surface area contributed by atoms with Gasteiger partial charge >= 0.3 is 5.97 Å². The Balaban J connectivity index is 2.55. The van der Waals surface area contributed by atoms with E-state index in [2.05, 4.69) is 4.85 Å². The lowest BCUT2D eigenvalue weighted by molar-refractivity contribution is -0.141. The van der Waals surface area contributed by atoms with Crippen LogP contribution in [0.15, 0.2) is 24.3 Å². The summed E-state index contributed by atoms with van der Waals surface area (Å²) in [7, 11) is 1.61. The fourth-order valence-corrected chi connectivity index (χ4v) is 1.39. The molecule has 0 amide bonds. The average Bonchev–Trinajstić information content (AvgIpc) is 2.35. The third-order valence-corrected chi connectivity index (χ3v) is 2.29. The van der Waals surface area contributed by atoms with Crippen LogP contribution in [-0.4, -0.2) is 25.7 Å². The third kappa shape index (κ3) is 4.56. The number of carbonyl (C=O) groups excluding carboxylic acids is 1. The molecule has 0 spiro atoms. The Bertz CT molecular complexity index is 406. The minimum atomic E-state index is -0.353. The van der Waals surface area contributed by atoms with Crippen molar-refractivity contribution < 1.29 is 14.3 Å². The Morgan fingerprint density at radius 1 is 1.41 bits per heavy atom. The van der Waals surface area contributed by atoms with Crippen LogP contribution in [-0.2, 0) is 16.0 Å². The number of hydrogen-bond donors (Lipinski definition) is 0. The van der Waals surface area contributed by atoms with Crippen LogP contribution in [0.3, 0.4) is 0 Å². The molecule has 0 radical (unpaired) electrons. The highest BCUT2D eigenvalue weighted by Gasteiger charge is 2.15. The molecule has 0 aliphatic carbocycles. The molecule has 0 N–H and O–H groups in total. The van der Waals surface area contributed by atoms with Gasteiger partial charge in [0.2, 0.25) is 0 Å². The van der Waals surface area contributed by atoms with Crippen LogP contribution in [0, 0.1) is 6.57 Å². The van der Waals surface area contributed by atoms with Gasteiger partial charge in [0, 0.05) is 6.92 Å². The van der Waals surface area contributed by atoms with Gasteiger partial charge in [0.05, 0.1) is 13.5 Å². The van der Waals surface area contributed by atoms with Crippen LogP contribution in [0.4, 0.5) is 0 Å². The van der Waals surface area contributed by atoms with E-state index >= 15 is 0 Å². The van der Waals surface area contributed by atoms with Gasteiger partial charge in [-0.3, -0.25) is 4.79 Å². The number of rotatable bonds is 5. The summed E-state index contributed by atoms with van der Waals surface area (Å²) in [6, 6.07) is 7.19. The van der Waals surface area contributed by atoms with Crippen LogP contribution in [0.25, 0.3) is 4.85 Å². The maximum absolute atomic E-state index is 10.7. The topological polar surface area (TPSA) is 39.9 Å².